The molecular formula is C26H29ClN4O7S. The number of likely N-dealkylation sites (tertiary alicyclic amines) is 1. The zero-order valence-corrected chi connectivity index (χ0v) is 22.7. The highest BCUT2D eigenvalue weighted by Crippen LogP contribution is 2.24. The van der Waals surface area contributed by atoms with Crippen LogP contribution in [0.3, 0.4) is 0 Å². The average molecular weight is 577 g/mol. The lowest BCUT2D eigenvalue weighted by Crippen LogP contribution is -2.50. The fourth-order valence-electron chi connectivity index (χ4n) is 4.31. The molecule has 1 aromatic heterocycles. The highest BCUT2D eigenvalue weighted by molar-refractivity contribution is 7.89. The molecule has 1 fully saturated rings. The zero-order valence-electron chi connectivity index (χ0n) is 21.1. The molecule has 1 aliphatic rings. The van der Waals surface area contributed by atoms with E-state index in [2.05, 4.69) is 9.71 Å². The van der Waals surface area contributed by atoms with E-state index >= 15 is 0 Å². The van der Waals surface area contributed by atoms with Crippen LogP contribution in [0.2, 0.25) is 5.02 Å². The van der Waals surface area contributed by atoms with Crippen molar-refractivity contribution in [1.82, 2.24) is 19.5 Å². The van der Waals surface area contributed by atoms with Crippen LogP contribution in [-0.4, -0.2) is 83.5 Å². The summed E-state index contributed by atoms with van der Waals surface area (Å²) in [6.07, 6.45) is 3.47. The summed E-state index contributed by atoms with van der Waals surface area (Å²) in [5.74, 6) is -0.786. The number of hydrogen-bond acceptors (Lipinski definition) is 7. The van der Waals surface area contributed by atoms with Gasteiger partial charge in [0.1, 0.15) is 12.1 Å². The molecule has 4 rings (SSSR count). The number of aromatic nitrogens is 1. The van der Waals surface area contributed by atoms with Crippen molar-refractivity contribution in [2.75, 3.05) is 19.7 Å². The van der Waals surface area contributed by atoms with Gasteiger partial charge in [-0.25, -0.2) is 8.42 Å². The molecule has 3 N–H and O–H groups in total. The number of nitrogens with one attached hydrogen (secondary N) is 1. The molecule has 0 aliphatic carbocycles. The standard InChI is InChI=1S/C25H27ClN4O5S.CH2O2/c1-17(24(32)29(12-13-31)16-18-6-9-27-10-7-18)30-11-8-23(25(30)33)28-36(34,35)22-5-3-19-14-21(26)4-2-20(19)15-22;2-1-3/h2-7,9-10,14-15,17,23,28,31H,8,11-13,16H2,1H3;1H,(H,2,3)/t17-,23-;/m0./s1. The number of hydrogen-bond donors (Lipinski definition) is 3. The maximum atomic E-state index is 13.2. The predicted octanol–water partition coefficient (Wildman–Crippen LogP) is 1.88. The highest BCUT2D eigenvalue weighted by Gasteiger charge is 2.40. The molecule has 1 aliphatic heterocycles. The number of carbonyl (C=O) groups excluding carboxylic acids is 2. The molecule has 2 heterocycles. The number of aliphatic hydroxyl groups excluding tert-OH is 1. The van der Waals surface area contributed by atoms with Crippen molar-refractivity contribution in [3.63, 3.8) is 0 Å². The molecule has 208 valence electrons. The van der Waals surface area contributed by atoms with E-state index in [1.54, 1.807) is 55.7 Å². The van der Waals surface area contributed by atoms with Gasteiger partial charge in [0, 0.05) is 37.1 Å². The van der Waals surface area contributed by atoms with E-state index in [0.717, 1.165) is 10.9 Å². The molecule has 2 amide bonds. The topological polar surface area (TPSA) is 157 Å². The molecule has 13 heteroatoms. The fraction of sp³-hybridized carbons (Fsp3) is 0.308. The number of carbonyl (C=O) groups is 3. The van der Waals surface area contributed by atoms with Gasteiger partial charge in [-0.1, -0.05) is 23.7 Å². The minimum absolute atomic E-state index is 0.0409. The first kappa shape index (κ1) is 30.0. The number of fused-ring (bicyclic) bond motifs is 1. The lowest BCUT2D eigenvalue weighted by Gasteiger charge is -2.30. The molecular weight excluding hydrogens is 548 g/mol. The summed E-state index contributed by atoms with van der Waals surface area (Å²) in [7, 11) is -3.98. The monoisotopic (exact) mass is 576 g/mol. The average Bonchev–Trinajstić information content (AvgIpc) is 3.27. The van der Waals surface area contributed by atoms with Gasteiger partial charge in [0.25, 0.3) is 6.47 Å². The van der Waals surface area contributed by atoms with E-state index < -0.39 is 28.0 Å². The van der Waals surface area contributed by atoms with Gasteiger partial charge in [-0.15, -0.1) is 0 Å². The van der Waals surface area contributed by atoms with Crippen LogP contribution >= 0.6 is 11.6 Å². The Kier molecular flexibility index (Phi) is 10.4. The second-order valence-electron chi connectivity index (χ2n) is 8.77. The van der Waals surface area contributed by atoms with Gasteiger partial charge in [0.15, 0.2) is 0 Å². The van der Waals surface area contributed by atoms with Gasteiger partial charge < -0.3 is 20.0 Å². The number of carboxylic acid groups (broad SMARTS) is 1. The number of nitrogens with zero attached hydrogens (tertiary/aromatic N) is 3. The largest absolute Gasteiger partial charge is 0.483 e. The maximum absolute atomic E-state index is 13.2. The van der Waals surface area contributed by atoms with Crippen molar-refractivity contribution in [2.24, 2.45) is 0 Å². The number of sulfonamides is 1. The van der Waals surface area contributed by atoms with Crippen molar-refractivity contribution in [2.45, 2.75) is 36.9 Å². The minimum Gasteiger partial charge on any atom is -0.483 e. The van der Waals surface area contributed by atoms with Gasteiger partial charge in [-0.05, 0) is 66.1 Å². The highest BCUT2D eigenvalue weighted by atomic mass is 35.5. The summed E-state index contributed by atoms with van der Waals surface area (Å²) >= 11 is 6.00. The van der Waals surface area contributed by atoms with E-state index in [9.17, 15) is 23.1 Å². The normalized spacial score (nSPS) is 15.9. The molecule has 11 nitrogen and oxygen atoms in total. The summed E-state index contributed by atoms with van der Waals surface area (Å²) < 4.78 is 28.6. The Bertz CT molecular complexity index is 1420. The van der Waals surface area contributed by atoms with Crippen molar-refractivity contribution in [3.8, 4) is 0 Å². The molecule has 0 radical (unpaired) electrons. The van der Waals surface area contributed by atoms with Gasteiger partial charge >= 0.3 is 0 Å². The summed E-state index contributed by atoms with van der Waals surface area (Å²) in [6.45, 7) is 1.74. The van der Waals surface area contributed by atoms with Crippen LogP contribution in [-0.2, 0) is 31.0 Å². The first-order valence-electron chi connectivity index (χ1n) is 12.0. The smallest absolute Gasteiger partial charge is 0.290 e. The van der Waals surface area contributed by atoms with E-state index in [1.165, 1.54) is 21.9 Å². The first-order valence-corrected chi connectivity index (χ1v) is 13.9. The van der Waals surface area contributed by atoms with E-state index in [0.29, 0.717) is 10.4 Å². The lowest BCUT2D eigenvalue weighted by atomic mass is 10.1. The maximum Gasteiger partial charge on any atom is 0.290 e. The van der Waals surface area contributed by atoms with Crippen molar-refractivity contribution < 1.29 is 33.0 Å². The zero-order chi connectivity index (χ0) is 28.6. The number of benzene rings is 2. The first-order chi connectivity index (χ1) is 18.6. The van der Waals surface area contributed by atoms with Crippen molar-refractivity contribution in [1.29, 1.82) is 0 Å². The molecule has 1 saturated heterocycles. The lowest BCUT2D eigenvalue weighted by molar-refractivity contribution is -0.144. The van der Waals surface area contributed by atoms with Gasteiger partial charge in [0.2, 0.25) is 21.8 Å². The molecule has 2 aromatic carbocycles. The third-order valence-corrected chi connectivity index (χ3v) is 7.96. The minimum atomic E-state index is -3.98. The van der Waals surface area contributed by atoms with Gasteiger partial charge in [-0.2, -0.15) is 4.72 Å². The summed E-state index contributed by atoms with van der Waals surface area (Å²) in [4.78, 5) is 41.5. The van der Waals surface area contributed by atoms with Gasteiger partial charge in [-0.3, -0.25) is 19.4 Å². The van der Waals surface area contributed by atoms with Crippen molar-refractivity contribution in [3.05, 3.63) is 71.5 Å². The molecule has 0 unspecified atom stereocenters. The van der Waals surface area contributed by atoms with E-state index in [-0.39, 0.29) is 49.9 Å². The Morgan fingerprint density at radius 3 is 2.51 bits per heavy atom. The second kappa shape index (κ2) is 13.5. The van der Waals surface area contributed by atoms with Gasteiger partial charge in [0.05, 0.1) is 11.5 Å². The quantitative estimate of drug-likeness (QED) is 0.326. The van der Waals surface area contributed by atoms with Crippen LogP contribution in [0.15, 0.2) is 65.8 Å². The Balaban J connectivity index is 0.00000134. The van der Waals surface area contributed by atoms with Crippen LogP contribution in [0, 0.1) is 0 Å². The predicted molar refractivity (Wildman–Crippen MR) is 144 cm³/mol. The Hall–Kier alpha value is -3.58. The molecule has 39 heavy (non-hydrogen) atoms. The molecule has 0 bridgehead atoms. The van der Waals surface area contributed by atoms with Crippen LogP contribution in [0.25, 0.3) is 10.8 Å². The Labute approximate surface area is 231 Å². The van der Waals surface area contributed by atoms with E-state index in [4.69, 9.17) is 21.5 Å². The summed E-state index contributed by atoms with van der Waals surface area (Å²) in [6, 6.07) is 11.6. The summed E-state index contributed by atoms with van der Waals surface area (Å²) in [5.41, 5.74) is 0.843. The third kappa shape index (κ3) is 7.51. The Morgan fingerprint density at radius 2 is 1.85 bits per heavy atom. The molecule has 3 aromatic rings. The van der Waals surface area contributed by atoms with Crippen LogP contribution in [0.4, 0.5) is 0 Å². The number of amides is 2. The third-order valence-electron chi connectivity index (χ3n) is 6.25. The molecule has 2 atom stereocenters. The number of rotatable bonds is 9. The van der Waals surface area contributed by atoms with Crippen LogP contribution in [0.5, 0.6) is 0 Å². The molecule has 0 spiro atoms. The molecule has 0 saturated carbocycles. The van der Waals surface area contributed by atoms with E-state index in [1.807, 2.05) is 0 Å². The number of halogens is 1. The summed E-state index contributed by atoms with van der Waals surface area (Å²) in [5, 5.41) is 18.4. The number of pyridine rings is 1. The SMILES string of the molecule is C[C@@H](C(=O)N(CCO)Cc1ccncc1)N1CC[C@H](NS(=O)(=O)c2ccc3cc(Cl)ccc3c2)C1=O.O=CO. The van der Waals surface area contributed by atoms with Crippen LogP contribution < -0.4 is 4.72 Å². The fourth-order valence-corrected chi connectivity index (χ4v) is 5.75. The number of aliphatic hydroxyl groups is 1. The van der Waals surface area contributed by atoms with Crippen LogP contribution in [0.1, 0.15) is 18.9 Å². The van der Waals surface area contributed by atoms with Crippen molar-refractivity contribution >= 4 is 50.7 Å². The Morgan fingerprint density at radius 1 is 1.21 bits per heavy atom. The second-order valence-corrected chi connectivity index (χ2v) is 10.9.